The first-order valence-corrected chi connectivity index (χ1v) is 12.2. The normalized spacial score (nSPS) is 12.6. The average Bonchev–Trinajstić information content (AvgIpc) is 2.65. The van der Waals surface area contributed by atoms with Crippen LogP contribution in [0.5, 0.6) is 0 Å². The van der Waals surface area contributed by atoms with Crippen molar-refractivity contribution in [2.45, 2.75) is 26.9 Å². The lowest BCUT2D eigenvalue weighted by molar-refractivity contribution is 0.414. The van der Waals surface area contributed by atoms with Crippen LogP contribution < -0.4 is 0 Å². The zero-order valence-corrected chi connectivity index (χ0v) is 17.9. The van der Waals surface area contributed by atoms with Crippen molar-refractivity contribution >= 4 is 20.0 Å². The third-order valence-electron chi connectivity index (χ3n) is 4.33. The Morgan fingerprint density at radius 2 is 0.966 bits per heavy atom. The Morgan fingerprint density at radius 1 is 0.655 bits per heavy atom. The highest BCUT2D eigenvalue weighted by molar-refractivity contribution is 8.05. The summed E-state index contributed by atoms with van der Waals surface area (Å²) in [4.78, 5) is 0. The van der Waals surface area contributed by atoms with Crippen LogP contribution >= 0.6 is 0 Å². The summed E-state index contributed by atoms with van der Waals surface area (Å²) in [6.07, 6.45) is 0. The highest BCUT2D eigenvalue weighted by Crippen LogP contribution is 2.16. The van der Waals surface area contributed by atoms with Gasteiger partial charge in [-0.25, -0.2) is 25.6 Å². The van der Waals surface area contributed by atoms with Crippen molar-refractivity contribution in [1.82, 2.24) is 8.61 Å². The monoisotopic (exact) mass is 446 g/mol. The Hall–Kier alpha value is -1.88. The predicted molar refractivity (Wildman–Crippen MR) is 108 cm³/mol. The van der Waals surface area contributed by atoms with Crippen LogP contribution in [0.25, 0.3) is 0 Å². The van der Waals surface area contributed by atoms with Gasteiger partial charge in [0.25, 0.3) is 0 Å². The fraction of sp³-hybridized carbons (Fsp3) is 0.368. The van der Waals surface area contributed by atoms with Gasteiger partial charge in [0.1, 0.15) is 11.6 Å². The van der Waals surface area contributed by atoms with Crippen LogP contribution in [0.4, 0.5) is 8.78 Å². The Morgan fingerprint density at radius 3 is 1.24 bits per heavy atom. The number of hydrogen-bond donors (Lipinski definition) is 0. The maximum atomic E-state index is 13.1. The van der Waals surface area contributed by atoms with E-state index in [4.69, 9.17) is 0 Å². The van der Waals surface area contributed by atoms with Gasteiger partial charge >= 0.3 is 0 Å². The van der Waals surface area contributed by atoms with Crippen molar-refractivity contribution in [3.8, 4) is 0 Å². The molecule has 2 aromatic carbocycles. The highest BCUT2D eigenvalue weighted by atomic mass is 32.3. The molecule has 0 aliphatic rings. The first-order chi connectivity index (χ1) is 13.6. The Kier molecular flexibility index (Phi) is 7.87. The molecule has 10 heteroatoms. The van der Waals surface area contributed by atoms with Crippen molar-refractivity contribution in [1.29, 1.82) is 0 Å². The van der Waals surface area contributed by atoms with E-state index < -0.39 is 36.8 Å². The van der Waals surface area contributed by atoms with E-state index in [1.54, 1.807) is 13.8 Å². The van der Waals surface area contributed by atoms with Crippen LogP contribution in [-0.4, -0.2) is 43.6 Å². The van der Waals surface area contributed by atoms with Gasteiger partial charge in [0, 0.05) is 26.2 Å². The van der Waals surface area contributed by atoms with E-state index in [9.17, 15) is 25.6 Å². The van der Waals surface area contributed by atoms with E-state index >= 15 is 0 Å². The maximum Gasteiger partial charge on any atom is 0.230 e. The molecule has 0 aromatic heterocycles. The number of sulfonamides is 2. The van der Waals surface area contributed by atoms with Crippen molar-refractivity contribution in [2.24, 2.45) is 0 Å². The molecule has 0 radical (unpaired) electrons. The Labute approximate surface area is 170 Å². The second kappa shape index (κ2) is 9.75. The van der Waals surface area contributed by atoms with Crippen LogP contribution in [0.3, 0.4) is 0 Å². The summed E-state index contributed by atoms with van der Waals surface area (Å²) in [5, 5.41) is -1.08. The van der Waals surface area contributed by atoms with Crippen LogP contribution in [0.2, 0.25) is 0 Å². The average molecular weight is 447 g/mol. The van der Waals surface area contributed by atoms with Crippen LogP contribution in [0, 0.1) is 11.6 Å². The molecule has 2 aromatic rings. The third-order valence-corrected chi connectivity index (χ3v) is 9.07. The molecule has 0 atom stereocenters. The summed E-state index contributed by atoms with van der Waals surface area (Å²) < 4.78 is 79.2. The summed E-state index contributed by atoms with van der Waals surface area (Å²) in [5.41, 5.74) is 1.10. The minimum atomic E-state index is -4.14. The van der Waals surface area contributed by atoms with E-state index in [1.807, 2.05) is 0 Å². The molecule has 160 valence electrons. The molecule has 0 saturated carbocycles. The lowest BCUT2D eigenvalue weighted by atomic mass is 10.2. The van der Waals surface area contributed by atoms with Crippen LogP contribution in [0.1, 0.15) is 25.0 Å². The number of hydrogen-bond acceptors (Lipinski definition) is 4. The summed E-state index contributed by atoms with van der Waals surface area (Å²) in [6.45, 7) is 3.23. The maximum absolute atomic E-state index is 13.1. The van der Waals surface area contributed by atoms with E-state index in [1.165, 1.54) is 48.5 Å². The largest absolute Gasteiger partial charge is 0.230 e. The quantitative estimate of drug-likeness (QED) is 0.562. The molecule has 0 bridgehead atoms. The van der Waals surface area contributed by atoms with Gasteiger partial charge in [-0.05, 0) is 35.4 Å². The topological polar surface area (TPSA) is 74.8 Å². The molecule has 0 saturated heterocycles. The molecule has 0 fully saturated rings. The summed E-state index contributed by atoms with van der Waals surface area (Å²) in [5.74, 6) is -0.886. The van der Waals surface area contributed by atoms with Crippen LogP contribution in [0.15, 0.2) is 48.5 Å². The first kappa shape index (κ1) is 23.4. The van der Waals surface area contributed by atoms with Crippen molar-refractivity contribution in [2.75, 3.05) is 18.2 Å². The molecule has 6 nitrogen and oxygen atoms in total. The summed E-state index contributed by atoms with van der Waals surface area (Å²) in [7, 11) is -8.29. The number of rotatable bonds is 10. The molecular formula is C19H24F2N2O4S2. The molecule has 0 amide bonds. The fourth-order valence-electron chi connectivity index (χ4n) is 2.74. The van der Waals surface area contributed by atoms with Gasteiger partial charge in [0.2, 0.25) is 20.0 Å². The molecule has 0 aliphatic heterocycles. The standard InChI is InChI=1S/C19H24F2N2O4S2/c1-3-22(13-16-5-9-18(20)10-6-16)28(24,25)15-29(26,27)23(4-2)14-17-7-11-19(21)12-8-17/h5-12H,3-4,13-15H2,1-2H3. The van der Waals surface area contributed by atoms with Gasteiger partial charge in [-0.15, -0.1) is 0 Å². The summed E-state index contributed by atoms with van der Waals surface area (Å²) in [6, 6.07) is 10.7. The zero-order chi connectivity index (χ0) is 21.7. The van der Waals surface area contributed by atoms with Crippen molar-refractivity contribution < 1.29 is 25.6 Å². The van der Waals surface area contributed by atoms with E-state index in [0.717, 1.165) is 8.61 Å². The third kappa shape index (κ3) is 6.56. The number of benzene rings is 2. The molecule has 0 N–H and O–H groups in total. The Bertz CT molecular complexity index is 926. The van der Waals surface area contributed by atoms with Gasteiger partial charge < -0.3 is 0 Å². The molecule has 0 unspecified atom stereocenters. The van der Waals surface area contributed by atoms with Gasteiger partial charge in [-0.3, -0.25) is 0 Å². The second-order valence-electron chi connectivity index (χ2n) is 6.45. The SMILES string of the molecule is CCN(Cc1ccc(F)cc1)S(=O)(=O)CS(=O)(=O)N(CC)Cc1ccc(F)cc1. The van der Waals surface area contributed by atoms with E-state index in [2.05, 4.69) is 0 Å². The lowest BCUT2D eigenvalue weighted by Crippen LogP contribution is -2.40. The molecular weight excluding hydrogens is 422 g/mol. The second-order valence-corrected chi connectivity index (χ2v) is 10.8. The Balaban J connectivity index is 2.17. The van der Waals surface area contributed by atoms with Gasteiger partial charge in [-0.1, -0.05) is 38.1 Å². The fourth-order valence-corrected chi connectivity index (χ4v) is 6.91. The smallest absolute Gasteiger partial charge is 0.211 e. The molecule has 29 heavy (non-hydrogen) atoms. The number of nitrogens with zero attached hydrogens (tertiary/aromatic N) is 2. The van der Waals surface area contributed by atoms with E-state index in [-0.39, 0.29) is 26.2 Å². The van der Waals surface area contributed by atoms with Crippen molar-refractivity contribution in [3.05, 3.63) is 71.3 Å². The van der Waals surface area contributed by atoms with Gasteiger partial charge in [0.15, 0.2) is 5.08 Å². The number of halogens is 2. The lowest BCUT2D eigenvalue weighted by Gasteiger charge is -2.24. The molecule has 0 spiro atoms. The van der Waals surface area contributed by atoms with E-state index in [0.29, 0.717) is 11.1 Å². The minimum absolute atomic E-state index is 0.0568. The highest BCUT2D eigenvalue weighted by Gasteiger charge is 2.32. The molecule has 0 heterocycles. The first-order valence-electron chi connectivity index (χ1n) is 9.02. The van der Waals surface area contributed by atoms with Gasteiger partial charge in [0.05, 0.1) is 0 Å². The van der Waals surface area contributed by atoms with Crippen LogP contribution in [-0.2, 0) is 33.1 Å². The molecule has 2 rings (SSSR count). The summed E-state index contributed by atoms with van der Waals surface area (Å²) >= 11 is 0. The minimum Gasteiger partial charge on any atom is -0.211 e. The predicted octanol–water partition coefficient (Wildman–Crippen LogP) is 2.93. The molecule has 0 aliphatic carbocycles. The van der Waals surface area contributed by atoms with Crippen molar-refractivity contribution in [3.63, 3.8) is 0 Å². The zero-order valence-electron chi connectivity index (χ0n) is 16.3. The van der Waals surface area contributed by atoms with Gasteiger partial charge in [-0.2, -0.15) is 8.61 Å².